The van der Waals surface area contributed by atoms with Gasteiger partial charge in [-0.05, 0) is 46.9 Å². The third-order valence-electron chi connectivity index (χ3n) is 7.61. The third kappa shape index (κ3) is 4.99. The van der Waals surface area contributed by atoms with Gasteiger partial charge in [0, 0.05) is 36.8 Å². The minimum absolute atomic E-state index is 0. The highest BCUT2D eigenvalue weighted by molar-refractivity contribution is 5.95. The molecule has 0 fully saturated rings. The predicted molar refractivity (Wildman–Crippen MR) is 146 cm³/mol. The molecule has 0 bridgehead atoms. The molecule has 2 aliphatic heterocycles. The Morgan fingerprint density at radius 2 is 1.77 bits per heavy atom. The molecule has 0 atom stereocenters. The summed E-state index contributed by atoms with van der Waals surface area (Å²) in [4.78, 5) is 0. The summed E-state index contributed by atoms with van der Waals surface area (Å²) >= 11 is 0. The van der Waals surface area contributed by atoms with Crippen LogP contribution in [-0.4, -0.2) is 32.2 Å². The van der Waals surface area contributed by atoms with E-state index in [-0.39, 0.29) is 25.8 Å². The number of aryl methyl sites for hydroxylation is 2. The molecule has 39 heavy (non-hydrogen) atoms. The summed E-state index contributed by atoms with van der Waals surface area (Å²) in [5.41, 5.74) is 7.51. The summed E-state index contributed by atoms with van der Waals surface area (Å²) in [5.74, 6) is 3.54. The molecular formula is C32H34ClNO5. The van der Waals surface area contributed by atoms with Crippen molar-refractivity contribution in [3.63, 3.8) is 0 Å². The van der Waals surface area contributed by atoms with Crippen molar-refractivity contribution < 1.29 is 41.0 Å². The van der Waals surface area contributed by atoms with E-state index in [0.717, 1.165) is 47.4 Å². The van der Waals surface area contributed by atoms with Crippen molar-refractivity contribution in [1.82, 2.24) is 0 Å². The number of halogens is 1. The third-order valence-corrected chi connectivity index (χ3v) is 7.61. The lowest BCUT2D eigenvalue weighted by Crippen LogP contribution is -3.00. The number of pyridine rings is 1. The standard InChI is InChI=1S/C32H34NO5.ClH/c1-20(2)22-7-5-21(6-8-22)15-26-24-9-10-28(35-3)32(36-14-4-13-34)27(24)18-33-12-11-23-16-29-30(38-19-37-29)17-25(23)31(26)33;/h5-10,16-18,20,34H,4,11-15,19H2,1-3H3;1H/q+1;/p-1. The molecule has 0 aliphatic carbocycles. The summed E-state index contributed by atoms with van der Waals surface area (Å²) in [7, 11) is 1.67. The molecule has 0 amide bonds. The van der Waals surface area contributed by atoms with E-state index in [2.05, 4.69) is 67.1 Å². The first-order valence-electron chi connectivity index (χ1n) is 13.4. The average Bonchev–Trinajstić information content (AvgIpc) is 3.39. The number of aliphatic hydroxyl groups excluding tert-OH is 1. The maximum Gasteiger partial charge on any atom is 0.231 e. The van der Waals surface area contributed by atoms with E-state index in [1.54, 1.807) is 7.11 Å². The predicted octanol–water partition coefficient (Wildman–Crippen LogP) is 2.57. The Balaban J connectivity index is 0.00000308. The second-order valence-electron chi connectivity index (χ2n) is 10.3. The number of benzene rings is 3. The van der Waals surface area contributed by atoms with Gasteiger partial charge in [0.1, 0.15) is 0 Å². The van der Waals surface area contributed by atoms with Gasteiger partial charge in [-0.1, -0.05) is 38.1 Å². The smallest absolute Gasteiger partial charge is 0.231 e. The van der Waals surface area contributed by atoms with Crippen LogP contribution in [-0.2, 0) is 19.4 Å². The topological polar surface area (TPSA) is 61.0 Å². The lowest BCUT2D eigenvalue weighted by Gasteiger charge is -2.21. The van der Waals surface area contributed by atoms with Gasteiger partial charge in [-0.3, -0.25) is 0 Å². The lowest BCUT2D eigenvalue weighted by atomic mass is 9.88. The molecule has 6 rings (SSSR count). The summed E-state index contributed by atoms with van der Waals surface area (Å²) in [6, 6.07) is 17.4. The summed E-state index contributed by atoms with van der Waals surface area (Å²) in [6.07, 6.45) is 4.44. The fourth-order valence-corrected chi connectivity index (χ4v) is 5.59. The van der Waals surface area contributed by atoms with Crippen LogP contribution in [0.15, 0.2) is 54.7 Å². The molecule has 1 N–H and O–H groups in total. The Bertz CT molecular complexity index is 1500. The molecule has 2 aliphatic rings. The number of nitrogens with zero attached hydrogens (tertiary/aromatic N) is 1. The van der Waals surface area contributed by atoms with Crippen LogP contribution in [0.2, 0.25) is 0 Å². The number of aliphatic hydroxyl groups is 1. The van der Waals surface area contributed by atoms with Gasteiger partial charge in [-0.25, -0.2) is 0 Å². The quantitative estimate of drug-likeness (QED) is 0.271. The van der Waals surface area contributed by atoms with Gasteiger partial charge in [0.25, 0.3) is 0 Å². The Kier molecular flexibility index (Phi) is 7.87. The minimum Gasteiger partial charge on any atom is -1.00 e. The van der Waals surface area contributed by atoms with Crippen LogP contribution in [0.1, 0.15) is 48.4 Å². The summed E-state index contributed by atoms with van der Waals surface area (Å²) in [6.45, 7) is 6.07. The van der Waals surface area contributed by atoms with Crippen molar-refractivity contribution in [1.29, 1.82) is 0 Å². The fourth-order valence-electron chi connectivity index (χ4n) is 5.59. The SMILES string of the molecule is COc1ccc2c(Cc3ccc(C(C)C)cc3)c3[n+](cc2c1OCCCO)CCc1cc2c(cc1-3)OCO2.[Cl-]. The number of hydrogen-bond donors (Lipinski definition) is 1. The lowest BCUT2D eigenvalue weighted by molar-refractivity contribution is -0.686. The van der Waals surface area contributed by atoms with Gasteiger partial charge in [0.05, 0.1) is 24.7 Å². The minimum atomic E-state index is 0. The monoisotopic (exact) mass is 547 g/mol. The fraction of sp³-hybridized carbons (Fsp3) is 0.344. The van der Waals surface area contributed by atoms with Crippen LogP contribution < -0.4 is 35.9 Å². The highest BCUT2D eigenvalue weighted by atomic mass is 35.5. The Labute approximate surface area is 235 Å². The van der Waals surface area contributed by atoms with E-state index in [1.807, 2.05) is 6.07 Å². The normalized spacial score (nSPS) is 13.2. The van der Waals surface area contributed by atoms with Crippen LogP contribution >= 0.6 is 0 Å². The molecule has 4 aromatic rings. The number of rotatable bonds is 8. The van der Waals surface area contributed by atoms with Crippen LogP contribution in [0.25, 0.3) is 22.0 Å². The van der Waals surface area contributed by atoms with Gasteiger partial charge in [0.15, 0.2) is 35.7 Å². The Morgan fingerprint density at radius 3 is 2.49 bits per heavy atom. The zero-order valence-corrected chi connectivity index (χ0v) is 23.4. The van der Waals surface area contributed by atoms with Crippen molar-refractivity contribution in [2.24, 2.45) is 0 Å². The first kappa shape index (κ1) is 27.1. The van der Waals surface area contributed by atoms with Crippen molar-refractivity contribution in [2.45, 2.75) is 45.6 Å². The molecule has 3 aromatic carbocycles. The molecule has 0 saturated carbocycles. The Hall–Kier alpha value is -3.48. The maximum absolute atomic E-state index is 9.33. The van der Waals surface area contributed by atoms with E-state index in [0.29, 0.717) is 24.7 Å². The zero-order valence-electron chi connectivity index (χ0n) is 22.6. The summed E-state index contributed by atoms with van der Waals surface area (Å²) < 4.78 is 25.7. The van der Waals surface area contributed by atoms with Crippen molar-refractivity contribution in [3.8, 4) is 34.3 Å². The molecule has 204 valence electrons. The second-order valence-corrected chi connectivity index (χ2v) is 10.3. The molecule has 1 aromatic heterocycles. The van der Waals surface area contributed by atoms with Gasteiger partial charge in [-0.2, -0.15) is 4.57 Å². The van der Waals surface area contributed by atoms with Crippen molar-refractivity contribution in [3.05, 3.63) is 77.0 Å². The molecule has 7 heteroatoms. The first-order valence-corrected chi connectivity index (χ1v) is 13.4. The van der Waals surface area contributed by atoms with Gasteiger partial charge in [0.2, 0.25) is 12.5 Å². The molecule has 0 saturated heterocycles. The van der Waals surface area contributed by atoms with E-state index >= 15 is 0 Å². The van der Waals surface area contributed by atoms with E-state index in [9.17, 15) is 5.11 Å². The number of methoxy groups -OCH3 is 1. The van der Waals surface area contributed by atoms with E-state index in [4.69, 9.17) is 18.9 Å². The van der Waals surface area contributed by atoms with E-state index in [1.165, 1.54) is 33.5 Å². The molecule has 3 heterocycles. The molecule has 6 nitrogen and oxygen atoms in total. The number of hydrogen-bond acceptors (Lipinski definition) is 5. The largest absolute Gasteiger partial charge is 1.00 e. The number of fused-ring (bicyclic) bond motifs is 5. The van der Waals surface area contributed by atoms with Crippen molar-refractivity contribution >= 4 is 10.8 Å². The number of aromatic nitrogens is 1. The van der Waals surface area contributed by atoms with Crippen LogP contribution in [0.5, 0.6) is 23.0 Å². The maximum atomic E-state index is 9.33. The van der Waals surface area contributed by atoms with Gasteiger partial charge >= 0.3 is 0 Å². The van der Waals surface area contributed by atoms with Gasteiger partial charge in [-0.15, -0.1) is 0 Å². The van der Waals surface area contributed by atoms with Crippen LogP contribution in [0.3, 0.4) is 0 Å². The molecule has 0 radical (unpaired) electrons. The van der Waals surface area contributed by atoms with Gasteiger partial charge < -0.3 is 36.5 Å². The van der Waals surface area contributed by atoms with Crippen LogP contribution in [0, 0.1) is 0 Å². The first-order chi connectivity index (χ1) is 18.6. The zero-order chi connectivity index (χ0) is 26.2. The van der Waals surface area contributed by atoms with Crippen LogP contribution in [0.4, 0.5) is 0 Å². The molecule has 0 unspecified atom stereocenters. The van der Waals surface area contributed by atoms with Crippen molar-refractivity contribution in [2.75, 3.05) is 27.1 Å². The highest BCUT2D eigenvalue weighted by Gasteiger charge is 2.32. The highest BCUT2D eigenvalue weighted by Crippen LogP contribution is 2.44. The average molecular weight is 548 g/mol. The summed E-state index contributed by atoms with van der Waals surface area (Å²) in [5, 5.41) is 11.5. The Morgan fingerprint density at radius 1 is 1.00 bits per heavy atom. The second kappa shape index (κ2) is 11.3. The molecule has 0 spiro atoms. The van der Waals surface area contributed by atoms with E-state index < -0.39 is 0 Å². The number of ether oxygens (including phenoxy) is 4. The molecular weight excluding hydrogens is 514 g/mol.